The van der Waals surface area contributed by atoms with Crippen molar-refractivity contribution >= 4 is 24.4 Å². The van der Waals surface area contributed by atoms with Crippen molar-refractivity contribution in [2.24, 2.45) is 11.7 Å². The summed E-state index contributed by atoms with van der Waals surface area (Å²) in [5, 5.41) is 2.25. The topological polar surface area (TPSA) is 95.6 Å². The smallest absolute Gasteiger partial charge is 0.256 e. The maximum absolute atomic E-state index is 10.8. The quantitative estimate of drug-likeness (QED) is 0.482. The highest BCUT2D eigenvalue weighted by atomic mass is 32.5. The molecule has 13 heavy (non-hydrogen) atoms. The average Bonchev–Trinajstić information content (AvgIpc) is 1.81. The molecule has 0 fully saturated rings. The normalized spacial score (nSPS) is 14.5. The van der Waals surface area contributed by atoms with Gasteiger partial charge in [-0.15, -0.1) is 0 Å². The van der Waals surface area contributed by atoms with Crippen molar-refractivity contribution in [1.82, 2.24) is 5.09 Å². The number of nitrogens with one attached hydrogen (secondary N) is 1. The first-order chi connectivity index (χ1) is 5.72. The first-order valence-corrected chi connectivity index (χ1v) is 6.56. The lowest BCUT2D eigenvalue weighted by Gasteiger charge is -2.19. The van der Waals surface area contributed by atoms with Gasteiger partial charge in [0.15, 0.2) is 0 Å². The van der Waals surface area contributed by atoms with Crippen LogP contribution in [0, 0.1) is 5.92 Å². The van der Waals surface area contributed by atoms with Crippen molar-refractivity contribution in [1.29, 1.82) is 0 Å². The van der Waals surface area contributed by atoms with Crippen LogP contribution in [0.15, 0.2) is 0 Å². The molecular formula is C6H15N2O3PS. The van der Waals surface area contributed by atoms with Gasteiger partial charge in [0.05, 0.1) is 6.04 Å². The zero-order valence-corrected chi connectivity index (χ0v) is 9.31. The van der Waals surface area contributed by atoms with E-state index in [9.17, 15) is 4.79 Å². The fraction of sp³-hybridized carbons (Fsp3) is 0.833. The summed E-state index contributed by atoms with van der Waals surface area (Å²) in [5.41, 5.74) is 5.04. The lowest BCUT2D eigenvalue weighted by molar-refractivity contribution is -0.120. The Balaban J connectivity index is 4.28. The second-order valence-electron chi connectivity index (χ2n) is 3.26. The Kier molecular flexibility index (Phi) is 5.02. The third-order valence-electron chi connectivity index (χ3n) is 1.37. The highest BCUT2D eigenvalue weighted by molar-refractivity contribution is 8.08. The van der Waals surface area contributed by atoms with Gasteiger partial charge in [-0.25, -0.2) is 5.09 Å². The molecule has 0 saturated carbocycles. The van der Waals surface area contributed by atoms with E-state index in [2.05, 4.69) is 16.9 Å². The molecule has 5 nitrogen and oxygen atoms in total. The van der Waals surface area contributed by atoms with Crippen molar-refractivity contribution in [2.75, 3.05) is 0 Å². The predicted octanol–water partition coefficient (Wildman–Crippen LogP) is -0.315. The van der Waals surface area contributed by atoms with E-state index in [1.165, 1.54) is 0 Å². The van der Waals surface area contributed by atoms with Crippen LogP contribution >= 0.6 is 6.64 Å². The predicted molar refractivity (Wildman–Crippen MR) is 54.3 cm³/mol. The molecule has 0 rings (SSSR count). The van der Waals surface area contributed by atoms with Gasteiger partial charge >= 0.3 is 0 Å². The zero-order valence-electron chi connectivity index (χ0n) is 7.60. The first kappa shape index (κ1) is 13.0. The molecule has 1 atom stereocenters. The van der Waals surface area contributed by atoms with Gasteiger partial charge in [-0.1, -0.05) is 13.8 Å². The fourth-order valence-electron chi connectivity index (χ4n) is 0.907. The number of hydrogen-bond donors (Lipinski definition) is 4. The molecule has 78 valence electrons. The molecule has 5 N–H and O–H groups in total. The van der Waals surface area contributed by atoms with E-state index in [1.807, 2.05) is 13.8 Å². The number of nitrogens with two attached hydrogens (primary N) is 1. The van der Waals surface area contributed by atoms with E-state index in [0.29, 0.717) is 6.42 Å². The molecule has 0 aliphatic heterocycles. The molecule has 0 spiro atoms. The minimum absolute atomic E-state index is 0.228. The number of carbonyl (C=O) groups is 1. The molecule has 0 radical (unpaired) electrons. The number of primary amides is 1. The van der Waals surface area contributed by atoms with E-state index in [0.717, 1.165) is 0 Å². The Morgan fingerprint density at radius 1 is 1.62 bits per heavy atom. The van der Waals surface area contributed by atoms with Gasteiger partial charge in [-0.2, -0.15) is 0 Å². The van der Waals surface area contributed by atoms with Gasteiger partial charge in [0.2, 0.25) is 5.91 Å². The number of hydrogen-bond acceptors (Lipinski definition) is 2. The Bertz CT molecular complexity index is 228. The van der Waals surface area contributed by atoms with Crippen LogP contribution in [0.25, 0.3) is 0 Å². The molecule has 0 aromatic rings. The van der Waals surface area contributed by atoms with Crippen LogP contribution in [0.4, 0.5) is 0 Å². The maximum atomic E-state index is 10.8. The second kappa shape index (κ2) is 5.02. The van der Waals surface area contributed by atoms with E-state index in [1.54, 1.807) is 0 Å². The van der Waals surface area contributed by atoms with Gasteiger partial charge < -0.3 is 15.5 Å². The fourth-order valence-corrected chi connectivity index (χ4v) is 1.93. The van der Waals surface area contributed by atoms with Crippen LogP contribution in [0.3, 0.4) is 0 Å². The van der Waals surface area contributed by atoms with Crippen LogP contribution in [0.2, 0.25) is 0 Å². The molecule has 0 aliphatic rings. The lowest BCUT2D eigenvalue weighted by atomic mass is 10.0. The number of carbonyl (C=O) groups excluding carboxylic acids is 1. The van der Waals surface area contributed by atoms with Crippen LogP contribution < -0.4 is 10.8 Å². The summed E-state index contributed by atoms with van der Waals surface area (Å²) in [7, 11) is 0. The first-order valence-electron chi connectivity index (χ1n) is 3.85. The van der Waals surface area contributed by atoms with Crippen LogP contribution in [-0.4, -0.2) is 21.7 Å². The molecule has 0 saturated heterocycles. The molecule has 0 aliphatic carbocycles. The lowest BCUT2D eigenvalue weighted by Crippen LogP contribution is -2.40. The summed E-state index contributed by atoms with van der Waals surface area (Å²) in [5.74, 6) is -0.391. The van der Waals surface area contributed by atoms with E-state index < -0.39 is 18.6 Å². The highest BCUT2D eigenvalue weighted by Crippen LogP contribution is 2.30. The van der Waals surface area contributed by atoms with Crippen LogP contribution in [-0.2, 0) is 16.6 Å². The van der Waals surface area contributed by atoms with Crippen LogP contribution in [0.5, 0.6) is 0 Å². The van der Waals surface area contributed by atoms with Crippen molar-refractivity contribution in [3.63, 3.8) is 0 Å². The summed E-state index contributed by atoms with van der Waals surface area (Å²) < 4.78 is 0. The number of rotatable bonds is 5. The van der Waals surface area contributed by atoms with E-state index in [4.69, 9.17) is 15.5 Å². The molecule has 0 aromatic carbocycles. The Morgan fingerprint density at radius 2 is 2.08 bits per heavy atom. The molecule has 1 amide bonds. The maximum Gasteiger partial charge on any atom is 0.256 e. The summed E-state index contributed by atoms with van der Waals surface area (Å²) in [6.07, 6.45) is 0.439. The van der Waals surface area contributed by atoms with E-state index in [-0.39, 0.29) is 5.92 Å². The van der Waals surface area contributed by atoms with Gasteiger partial charge in [-0.05, 0) is 24.1 Å². The van der Waals surface area contributed by atoms with Crippen molar-refractivity contribution in [2.45, 2.75) is 26.3 Å². The van der Waals surface area contributed by atoms with Crippen LogP contribution in [0.1, 0.15) is 20.3 Å². The van der Waals surface area contributed by atoms with Gasteiger partial charge in [0.1, 0.15) is 0 Å². The third kappa shape index (κ3) is 7.10. The monoisotopic (exact) mass is 226 g/mol. The summed E-state index contributed by atoms with van der Waals surface area (Å²) in [4.78, 5) is 28.6. The Labute approximate surface area is 82.6 Å². The second-order valence-corrected chi connectivity index (χ2v) is 6.13. The van der Waals surface area contributed by atoms with Gasteiger partial charge in [0.25, 0.3) is 6.64 Å². The summed E-state index contributed by atoms with van der Waals surface area (Å²) >= 11 is 4.34. The summed E-state index contributed by atoms with van der Waals surface area (Å²) in [6, 6.07) is -0.763. The SMILES string of the molecule is CC(C)C[C@H](NP(O)(O)=S)C(N)=O. The minimum atomic E-state index is -3.55. The summed E-state index contributed by atoms with van der Waals surface area (Å²) in [6.45, 7) is 0.248. The van der Waals surface area contributed by atoms with Crippen molar-refractivity contribution in [3.05, 3.63) is 0 Å². The van der Waals surface area contributed by atoms with Gasteiger partial charge in [0, 0.05) is 0 Å². The number of amides is 1. The highest BCUT2D eigenvalue weighted by Gasteiger charge is 2.21. The van der Waals surface area contributed by atoms with Gasteiger partial charge in [-0.3, -0.25) is 4.79 Å². The average molecular weight is 226 g/mol. The molecule has 0 unspecified atom stereocenters. The largest absolute Gasteiger partial charge is 0.368 e. The Morgan fingerprint density at radius 3 is 2.31 bits per heavy atom. The molecule has 0 heterocycles. The minimum Gasteiger partial charge on any atom is -0.368 e. The molecule has 0 bridgehead atoms. The standard InChI is InChI=1S/C6H15N2O3PS/c1-4(2)3-5(6(7)9)8-12(10,11)13/h4-5H,3H2,1-2H3,(H2,7,9)(H3,8,10,11,13)/t5-/m0/s1. The molecule has 0 aromatic heterocycles. The van der Waals surface area contributed by atoms with E-state index >= 15 is 0 Å². The van der Waals surface area contributed by atoms with Crippen molar-refractivity contribution in [3.8, 4) is 0 Å². The molecule has 7 heteroatoms. The molecular weight excluding hydrogens is 211 g/mol. The third-order valence-corrected chi connectivity index (χ3v) is 2.34. The zero-order chi connectivity index (χ0) is 10.6. The van der Waals surface area contributed by atoms with Crippen molar-refractivity contribution < 1.29 is 14.6 Å². The Hall–Kier alpha value is 0.